The molecule has 1 aliphatic rings. The van der Waals surface area contributed by atoms with E-state index >= 15 is 0 Å². The minimum absolute atomic E-state index is 0.429. The number of likely N-dealkylation sites (tertiary alicyclic amines) is 1. The first-order valence-electron chi connectivity index (χ1n) is 8.44. The Bertz CT molecular complexity index is 406. The van der Waals surface area contributed by atoms with Crippen molar-refractivity contribution < 1.29 is 4.74 Å². The van der Waals surface area contributed by atoms with Gasteiger partial charge in [0.05, 0.1) is 6.10 Å². The monoisotopic (exact) mass is 290 g/mol. The molecule has 0 spiro atoms. The number of hydrogen-bond acceptors (Lipinski definition) is 3. The van der Waals surface area contributed by atoms with Crippen LogP contribution in [0.4, 0.5) is 0 Å². The van der Waals surface area contributed by atoms with Gasteiger partial charge in [-0.05, 0) is 50.4 Å². The zero-order valence-corrected chi connectivity index (χ0v) is 13.6. The number of benzene rings is 1. The standard InChI is InChI=1S/C18H30N2O/c1-3-10-19-13-16-7-5-8-17(12-16)14-20-11-6-9-18(15-20)21-4-2/h5,7-8,12,18-19H,3-4,6,9-11,13-15H2,1-2H3. The highest BCUT2D eigenvalue weighted by Gasteiger charge is 2.19. The van der Waals surface area contributed by atoms with Gasteiger partial charge in [0.2, 0.25) is 0 Å². The Morgan fingerprint density at radius 1 is 1.29 bits per heavy atom. The highest BCUT2D eigenvalue weighted by Crippen LogP contribution is 2.16. The van der Waals surface area contributed by atoms with Gasteiger partial charge >= 0.3 is 0 Å². The summed E-state index contributed by atoms with van der Waals surface area (Å²) in [6.45, 7) is 10.5. The first-order valence-corrected chi connectivity index (χ1v) is 8.44. The van der Waals surface area contributed by atoms with Crippen LogP contribution in [0.25, 0.3) is 0 Å². The van der Waals surface area contributed by atoms with Crippen LogP contribution in [0.2, 0.25) is 0 Å². The molecule has 1 aromatic rings. The summed E-state index contributed by atoms with van der Waals surface area (Å²) in [6, 6.07) is 8.98. The Hall–Kier alpha value is -0.900. The van der Waals surface area contributed by atoms with E-state index < -0.39 is 0 Å². The van der Waals surface area contributed by atoms with Crippen molar-refractivity contribution in [2.75, 3.05) is 26.2 Å². The summed E-state index contributed by atoms with van der Waals surface area (Å²) in [5.41, 5.74) is 2.81. The normalized spacial score (nSPS) is 19.8. The average molecular weight is 290 g/mol. The quantitative estimate of drug-likeness (QED) is 0.744. The lowest BCUT2D eigenvalue weighted by Gasteiger charge is -2.32. The lowest BCUT2D eigenvalue weighted by atomic mass is 10.1. The molecule has 0 aliphatic carbocycles. The van der Waals surface area contributed by atoms with E-state index in [1.165, 1.54) is 36.9 Å². The molecule has 1 atom stereocenters. The minimum atomic E-state index is 0.429. The number of ether oxygens (including phenoxy) is 1. The summed E-state index contributed by atoms with van der Waals surface area (Å²) >= 11 is 0. The summed E-state index contributed by atoms with van der Waals surface area (Å²) in [7, 11) is 0. The lowest BCUT2D eigenvalue weighted by molar-refractivity contribution is 0.00363. The molecule has 1 unspecified atom stereocenters. The summed E-state index contributed by atoms with van der Waals surface area (Å²) < 4.78 is 5.79. The van der Waals surface area contributed by atoms with E-state index in [9.17, 15) is 0 Å². The predicted octanol–water partition coefficient (Wildman–Crippen LogP) is 3.19. The van der Waals surface area contributed by atoms with Crippen molar-refractivity contribution >= 4 is 0 Å². The summed E-state index contributed by atoms with van der Waals surface area (Å²) in [5, 5.41) is 3.47. The van der Waals surface area contributed by atoms with Gasteiger partial charge in [-0.25, -0.2) is 0 Å². The smallest absolute Gasteiger partial charge is 0.0702 e. The zero-order chi connectivity index (χ0) is 14.9. The van der Waals surface area contributed by atoms with Crippen LogP contribution in [0, 0.1) is 0 Å². The van der Waals surface area contributed by atoms with Crippen LogP contribution in [-0.2, 0) is 17.8 Å². The highest BCUT2D eigenvalue weighted by atomic mass is 16.5. The summed E-state index contributed by atoms with van der Waals surface area (Å²) in [5.74, 6) is 0. The maximum Gasteiger partial charge on any atom is 0.0702 e. The van der Waals surface area contributed by atoms with E-state index in [1.54, 1.807) is 0 Å². The maximum atomic E-state index is 5.79. The van der Waals surface area contributed by atoms with Crippen molar-refractivity contribution in [1.29, 1.82) is 0 Å². The van der Waals surface area contributed by atoms with Crippen LogP contribution in [0.3, 0.4) is 0 Å². The highest BCUT2D eigenvalue weighted by molar-refractivity contribution is 5.23. The molecular weight excluding hydrogens is 260 g/mol. The molecule has 1 aromatic carbocycles. The molecule has 2 rings (SSSR count). The Morgan fingerprint density at radius 3 is 2.95 bits per heavy atom. The molecule has 3 heteroatoms. The van der Waals surface area contributed by atoms with Gasteiger partial charge in [-0.1, -0.05) is 31.2 Å². The van der Waals surface area contributed by atoms with Gasteiger partial charge < -0.3 is 10.1 Å². The van der Waals surface area contributed by atoms with Crippen LogP contribution in [0.5, 0.6) is 0 Å². The molecule has 118 valence electrons. The van der Waals surface area contributed by atoms with E-state index in [2.05, 4.69) is 48.3 Å². The molecule has 1 aliphatic heterocycles. The van der Waals surface area contributed by atoms with Crippen molar-refractivity contribution in [3.63, 3.8) is 0 Å². The largest absolute Gasteiger partial charge is 0.377 e. The fourth-order valence-corrected chi connectivity index (χ4v) is 3.03. The van der Waals surface area contributed by atoms with Crippen LogP contribution >= 0.6 is 0 Å². The van der Waals surface area contributed by atoms with E-state index in [4.69, 9.17) is 4.74 Å². The average Bonchev–Trinajstić information content (AvgIpc) is 2.49. The maximum absolute atomic E-state index is 5.79. The van der Waals surface area contributed by atoms with E-state index in [0.29, 0.717) is 6.10 Å². The number of piperidine rings is 1. The van der Waals surface area contributed by atoms with E-state index in [1.807, 2.05) is 0 Å². The van der Waals surface area contributed by atoms with Gasteiger partial charge in [0.25, 0.3) is 0 Å². The second kappa shape index (κ2) is 9.19. The molecule has 0 bridgehead atoms. The molecule has 1 N–H and O–H groups in total. The Balaban J connectivity index is 1.85. The second-order valence-electron chi connectivity index (χ2n) is 5.95. The Kier molecular flexibility index (Phi) is 7.20. The fraction of sp³-hybridized carbons (Fsp3) is 0.667. The predicted molar refractivity (Wildman–Crippen MR) is 88.4 cm³/mol. The molecule has 0 saturated carbocycles. The van der Waals surface area contributed by atoms with Crippen molar-refractivity contribution in [2.24, 2.45) is 0 Å². The number of hydrogen-bond donors (Lipinski definition) is 1. The van der Waals surface area contributed by atoms with Crippen molar-refractivity contribution in [3.05, 3.63) is 35.4 Å². The topological polar surface area (TPSA) is 24.5 Å². The van der Waals surface area contributed by atoms with Crippen molar-refractivity contribution in [1.82, 2.24) is 10.2 Å². The van der Waals surface area contributed by atoms with Crippen molar-refractivity contribution in [3.8, 4) is 0 Å². The van der Waals surface area contributed by atoms with Crippen LogP contribution < -0.4 is 5.32 Å². The summed E-state index contributed by atoms with van der Waals surface area (Å²) in [6.07, 6.45) is 4.08. The van der Waals surface area contributed by atoms with Gasteiger partial charge in [-0.3, -0.25) is 4.90 Å². The molecule has 21 heavy (non-hydrogen) atoms. The SMILES string of the molecule is CCCNCc1cccc(CN2CCCC(OCC)C2)c1. The third-order valence-electron chi connectivity index (χ3n) is 4.02. The van der Waals surface area contributed by atoms with Gasteiger partial charge in [0.1, 0.15) is 0 Å². The van der Waals surface area contributed by atoms with Crippen LogP contribution in [-0.4, -0.2) is 37.2 Å². The minimum Gasteiger partial charge on any atom is -0.377 e. The number of rotatable bonds is 8. The van der Waals surface area contributed by atoms with Crippen molar-refractivity contribution in [2.45, 2.75) is 52.3 Å². The molecule has 0 amide bonds. The molecular formula is C18H30N2O. The zero-order valence-electron chi connectivity index (χ0n) is 13.6. The number of nitrogens with one attached hydrogen (secondary N) is 1. The lowest BCUT2D eigenvalue weighted by Crippen LogP contribution is -2.39. The molecule has 0 radical (unpaired) electrons. The first-order chi connectivity index (χ1) is 10.3. The van der Waals surface area contributed by atoms with E-state index in [0.717, 1.165) is 32.8 Å². The Labute approximate surface area is 129 Å². The van der Waals surface area contributed by atoms with Gasteiger partial charge in [0, 0.05) is 26.2 Å². The third-order valence-corrected chi connectivity index (χ3v) is 4.02. The van der Waals surface area contributed by atoms with Gasteiger partial charge in [-0.2, -0.15) is 0 Å². The number of nitrogens with zero attached hydrogens (tertiary/aromatic N) is 1. The molecule has 1 saturated heterocycles. The third kappa shape index (κ3) is 5.77. The fourth-order valence-electron chi connectivity index (χ4n) is 3.03. The molecule has 0 aromatic heterocycles. The molecule has 3 nitrogen and oxygen atoms in total. The van der Waals surface area contributed by atoms with Gasteiger partial charge in [-0.15, -0.1) is 0 Å². The summed E-state index contributed by atoms with van der Waals surface area (Å²) in [4.78, 5) is 2.53. The van der Waals surface area contributed by atoms with Crippen LogP contribution in [0.1, 0.15) is 44.2 Å². The molecule has 1 heterocycles. The Morgan fingerprint density at radius 2 is 2.14 bits per heavy atom. The second-order valence-corrected chi connectivity index (χ2v) is 5.95. The van der Waals surface area contributed by atoms with E-state index in [-0.39, 0.29) is 0 Å². The van der Waals surface area contributed by atoms with Gasteiger partial charge in [0.15, 0.2) is 0 Å². The first kappa shape index (κ1) is 16.5. The van der Waals surface area contributed by atoms with Crippen LogP contribution in [0.15, 0.2) is 24.3 Å². The molecule has 1 fully saturated rings.